The first-order valence-corrected chi connectivity index (χ1v) is 11.4. The average Bonchev–Trinajstić information content (AvgIpc) is 3.33. The van der Waals surface area contributed by atoms with Crippen molar-refractivity contribution in [1.82, 2.24) is 0 Å². The van der Waals surface area contributed by atoms with Gasteiger partial charge in [-0.1, -0.05) is 65.3 Å². The number of hydrogen-bond acceptors (Lipinski definition) is 5. The van der Waals surface area contributed by atoms with Crippen LogP contribution in [0.25, 0.3) is 11.1 Å². The van der Waals surface area contributed by atoms with Crippen molar-refractivity contribution in [3.63, 3.8) is 0 Å². The summed E-state index contributed by atoms with van der Waals surface area (Å²) in [6.45, 7) is 6.81. The topological polar surface area (TPSA) is 52.4 Å². The Bertz CT molecular complexity index is 1140. The van der Waals surface area contributed by atoms with E-state index in [9.17, 15) is 0 Å². The van der Waals surface area contributed by atoms with Gasteiger partial charge in [-0.25, -0.2) is 4.99 Å². The van der Waals surface area contributed by atoms with Gasteiger partial charge in [0.15, 0.2) is 0 Å². The zero-order chi connectivity index (χ0) is 23.2. The molecular formula is C27H27ClN2O3. The van der Waals surface area contributed by atoms with Crippen molar-refractivity contribution in [3.05, 3.63) is 88.9 Å². The summed E-state index contributed by atoms with van der Waals surface area (Å²) in [5.74, 6) is 1.39. The van der Waals surface area contributed by atoms with Crippen molar-refractivity contribution < 1.29 is 14.3 Å². The highest BCUT2D eigenvalue weighted by molar-refractivity contribution is 6.33. The number of nitrogens with zero attached hydrogens (tertiary/aromatic N) is 2. The minimum Gasteiger partial charge on any atom is -0.485 e. The highest BCUT2D eigenvalue weighted by atomic mass is 35.5. The molecule has 5 nitrogen and oxygen atoms in total. The van der Waals surface area contributed by atoms with Crippen molar-refractivity contribution in [2.45, 2.75) is 32.9 Å². The third kappa shape index (κ3) is 5.55. The molecule has 1 aliphatic heterocycles. The predicted molar refractivity (Wildman–Crippen MR) is 133 cm³/mol. The molecule has 0 saturated heterocycles. The Morgan fingerprint density at radius 1 is 1.06 bits per heavy atom. The molecule has 33 heavy (non-hydrogen) atoms. The Morgan fingerprint density at radius 3 is 2.39 bits per heavy atom. The van der Waals surface area contributed by atoms with Gasteiger partial charge in [0.1, 0.15) is 31.1 Å². The zero-order valence-corrected chi connectivity index (χ0v) is 19.8. The quantitative estimate of drug-likeness (QED) is 0.276. The van der Waals surface area contributed by atoms with Crippen LogP contribution in [0, 0.1) is 0 Å². The van der Waals surface area contributed by atoms with E-state index in [0.717, 1.165) is 33.7 Å². The SMILES string of the molecule is CCO/N=C(\C)C(C)Oc1ccc(-c2ccc(C3COC(c4ccccc4Cl)=N3)cc2)cc1. The zero-order valence-electron chi connectivity index (χ0n) is 19.0. The van der Waals surface area contributed by atoms with E-state index in [2.05, 4.69) is 41.6 Å². The summed E-state index contributed by atoms with van der Waals surface area (Å²) in [5.41, 5.74) is 4.98. The fourth-order valence-corrected chi connectivity index (χ4v) is 3.70. The molecule has 6 heteroatoms. The van der Waals surface area contributed by atoms with Crippen LogP contribution in [0.4, 0.5) is 0 Å². The summed E-state index contributed by atoms with van der Waals surface area (Å²) in [5, 5.41) is 4.68. The van der Waals surface area contributed by atoms with Crippen molar-refractivity contribution in [1.29, 1.82) is 0 Å². The van der Waals surface area contributed by atoms with Crippen molar-refractivity contribution in [2.75, 3.05) is 13.2 Å². The summed E-state index contributed by atoms with van der Waals surface area (Å²) in [6.07, 6.45) is -0.161. The van der Waals surface area contributed by atoms with Gasteiger partial charge in [-0.05, 0) is 61.7 Å². The Morgan fingerprint density at radius 2 is 1.73 bits per heavy atom. The van der Waals surface area contributed by atoms with Crippen LogP contribution in [0.2, 0.25) is 5.02 Å². The first-order chi connectivity index (χ1) is 16.0. The number of rotatable bonds is 8. The molecular weight excluding hydrogens is 436 g/mol. The average molecular weight is 463 g/mol. The Labute approximate surface area is 199 Å². The first-order valence-electron chi connectivity index (χ1n) is 11.0. The van der Waals surface area contributed by atoms with Gasteiger partial charge in [-0.2, -0.15) is 0 Å². The normalized spacial score (nSPS) is 16.7. The molecule has 0 spiro atoms. The Hall–Kier alpha value is -3.31. The van der Waals surface area contributed by atoms with Crippen molar-refractivity contribution >= 4 is 23.2 Å². The molecule has 0 radical (unpaired) electrons. The van der Waals surface area contributed by atoms with E-state index in [-0.39, 0.29) is 12.1 Å². The Balaban J connectivity index is 1.42. The lowest BCUT2D eigenvalue weighted by atomic mass is 10.0. The molecule has 2 unspecified atom stereocenters. The maximum absolute atomic E-state index is 6.28. The van der Waals surface area contributed by atoms with E-state index in [0.29, 0.717) is 24.1 Å². The molecule has 0 aromatic heterocycles. The van der Waals surface area contributed by atoms with Gasteiger partial charge in [0.2, 0.25) is 5.90 Å². The molecule has 0 bridgehead atoms. The number of halogens is 1. The number of benzene rings is 3. The van der Waals surface area contributed by atoms with Crippen LogP contribution in [0.3, 0.4) is 0 Å². The smallest absolute Gasteiger partial charge is 0.218 e. The lowest BCUT2D eigenvalue weighted by Crippen LogP contribution is -2.21. The molecule has 170 valence electrons. The largest absolute Gasteiger partial charge is 0.485 e. The van der Waals surface area contributed by atoms with E-state index >= 15 is 0 Å². The van der Waals surface area contributed by atoms with Crippen LogP contribution < -0.4 is 4.74 Å². The van der Waals surface area contributed by atoms with Gasteiger partial charge >= 0.3 is 0 Å². The summed E-state index contributed by atoms with van der Waals surface area (Å²) in [4.78, 5) is 9.84. The Kier molecular flexibility index (Phi) is 7.30. The molecule has 3 aromatic carbocycles. The highest BCUT2D eigenvalue weighted by Crippen LogP contribution is 2.30. The van der Waals surface area contributed by atoms with E-state index in [4.69, 9.17) is 30.9 Å². The molecule has 1 aliphatic rings. The van der Waals surface area contributed by atoms with Gasteiger partial charge in [-0.15, -0.1) is 0 Å². The standard InChI is InChI=1S/C27H27ClN2O3/c1-4-32-30-18(2)19(3)33-23-15-13-21(14-16-23)20-9-11-22(12-10-20)26-17-31-27(29-26)24-7-5-6-8-25(24)28/h5-16,19,26H,4,17H2,1-3H3/b30-18+. The van der Waals surface area contributed by atoms with Crippen LogP contribution in [0.1, 0.15) is 37.9 Å². The second-order valence-electron chi connectivity index (χ2n) is 7.80. The minimum atomic E-state index is -0.161. The molecule has 0 aliphatic carbocycles. The molecule has 0 fully saturated rings. The molecule has 4 rings (SSSR count). The monoisotopic (exact) mass is 462 g/mol. The van der Waals surface area contributed by atoms with Crippen molar-refractivity contribution in [3.8, 4) is 16.9 Å². The van der Waals surface area contributed by atoms with Gasteiger partial charge in [-0.3, -0.25) is 0 Å². The summed E-state index contributed by atoms with van der Waals surface area (Å²) in [7, 11) is 0. The minimum absolute atomic E-state index is 0.0378. The number of ether oxygens (including phenoxy) is 2. The fraction of sp³-hybridized carbons (Fsp3) is 0.259. The van der Waals surface area contributed by atoms with Crippen LogP contribution in [0.5, 0.6) is 5.75 Å². The first kappa shape index (κ1) is 22.9. The third-order valence-electron chi connectivity index (χ3n) is 5.48. The van der Waals surface area contributed by atoms with Crippen LogP contribution in [-0.2, 0) is 9.57 Å². The fourth-order valence-electron chi connectivity index (χ4n) is 3.48. The van der Waals surface area contributed by atoms with Gasteiger partial charge < -0.3 is 14.3 Å². The van der Waals surface area contributed by atoms with Crippen LogP contribution >= 0.6 is 11.6 Å². The molecule has 0 N–H and O–H groups in total. The lowest BCUT2D eigenvalue weighted by molar-refractivity contribution is 0.153. The lowest BCUT2D eigenvalue weighted by Gasteiger charge is -2.14. The van der Waals surface area contributed by atoms with Crippen molar-refractivity contribution in [2.24, 2.45) is 10.1 Å². The maximum atomic E-state index is 6.28. The summed E-state index contributed by atoms with van der Waals surface area (Å²) < 4.78 is 11.8. The van der Waals surface area contributed by atoms with Crippen LogP contribution in [-0.4, -0.2) is 30.9 Å². The maximum Gasteiger partial charge on any atom is 0.218 e. The van der Waals surface area contributed by atoms with E-state index in [1.807, 2.05) is 57.2 Å². The summed E-state index contributed by atoms with van der Waals surface area (Å²) >= 11 is 6.28. The number of oxime groups is 1. The van der Waals surface area contributed by atoms with Gasteiger partial charge in [0.05, 0.1) is 16.3 Å². The van der Waals surface area contributed by atoms with Gasteiger partial charge in [0.25, 0.3) is 0 Å². The van der Waals surface area contributed by atoms with E-state index < -0.39 is 0 Å². The predicted octanol–water partition coefficient (Wildman–Crippen LogP) is 6.70. The molecule has 2 atom stereocenters. The molecule has 0 amide bonds. The molecule has 1 heterocycles. The number of hydrogen-bond donors (Lipinski definition) is 0. The second kappa shape index (κ2) is 10.5. The second-order valence-corrected chi connectivity index (χ2v) is 8.21. The van der Waals surface area contributed by atoms with E-state index in [1.54, 1.807) is 0 Å². The number of aliphatic imine (C=N–C) groups is 1. The molecule has 0 saturated carbocycles. The van der Waals surface area contributed by atoms with E-state index in [1.165, 1.54) is 0 Å². The highest BCUT2D eigenvalue weighted by Gasteiger charge is 2.23. The van der Waals surface area contributed by atoms with Gasteiger partial charge in [0, 0.05) is 0 Å². The van der Waals surface area contributed by atoms with Crippen LogP contribution in [0.15, 0.2) is 82.9 Å². The molecule has 3 aromatic rings. The third-order valence-corrected chi connectivity index (χ3v) is 5.81. The summed E-state index contributed by atoms with van der Waals surface area (Å²) in [6, 6.07) is 24.0.